The summed E-state index contributed by atoms with van der Waals surface area (Å²) in [6, 6.07) is 6.96. The molecule has 21 heavy (non-hydrogen) atoms. The Kier molecular flexibility index (Phi) is 5.16. The molecule has 0 aromatic heterocycles. The summed E-state index contributed by atoms with van der Waals surface area (Å²) < 4.78 is 5.49. The predicted molar refractivity (Wildman–Crippen MR) is 80.3 cm³/mol. The maximum absolute atomic E-state index is 12.3. The third-order valence-electron chi connectivity index (χ3n) is 3.44. The first-order valence-corrected chi connectivity index (χ1v) is 7.15. The fourth-order valence-electron chi connectivity index (χ4n) is 2.24. The van der Waals surface area contributed by atoms with Crippen LogP contribution >= 0.6 is 0 Å². The summed E-state index contributed by atoms with van der Waals surface area (Å²) in [4.78, 5) is 25.6. The Morgan fingerprint density at radius 1 is 1.48 bits per heavy atom. The molecule has 2 amide bonds. The Labute approximate surface area is 124 Å². The van der Waals surface area contributed by atoms with Crippen LogP contribution in [-0.4, -0.2) is 49.0 Å². The van der Waals surface area contributed by atoms with E-state index in [1.54, 1.807) is 13.0 Å². The van der Waals surface area contributed by atoms with Crippen LogP contribution in [-0.2, 0) is 9.59 Å². The molecule has 1 aliphatic heterocycles. The largest absolute Gasteiger partial charge is 0.492 e. The van der Waals surface area contributed by atoms with Crippen molar-refractivity contribution in [3.05, 3.63) is 24.3 Å². The van der Waals surface area contributed by atoms with Gasteiger partial charge in [0.1, 0.15) is 5.75 Å². The molecule has 1 heterocycles. The van der Waals surface area contributed by atoms with Crippen LogP contribution in [0.3, 0.4) is 0 Å². The van der Waals surface area contributed by atoms with Crippen molar-refractivity contribution in [2.24, 2.45) is 0 Å². The fraction of sp³-hybridized carbons (Fsp3) is 0.467. The number of hydrogen-bond acceptors (Lipinski definition) is 4. The minimum atomic E-state index is -0.370. The highest BCUT2D eigenvalue weighted by Crippen LogP contribution is 2.24. The number of carbonyl (C=O) groups is 2. The van der Waals surface area contributed by atoms with Crippen molar-refractivity contribution in [1.29, 1.82) is 0 Å². The molecule has 2 rings (SSSR count). The van der Waals surface area contributed by atoms with Crippen molar-refractivity contribution >= 4 is 17.5 Å². The summed E-state index contributed by atoms with van der Waals surface area (Å²) in [7, 11) is 0. The minimum absolute atomic E-state index is 0.0457. The van der Waals surface area contributed by atoms with Gasteiger partial charge in [0.15, 0.2) is 0 Å². The molecular weight excluding hydrogens is 270 g/mol. The molecule has 0 spiro atoms. The number of piperazine rings is 1. The second-order valence-corrected chi connectivity index (χ2v) is 4.91. The van der Waals surface area contributed by atoms with Crippen molar-refractivity contribution in [1.82, 2.24) is 10.2 Å². The van der Waals surface area contributed by atoms with Crippen LogP contribution in [0.1, 0.15) is 13.8 Å². The molecule has 6 nitrogen and oxygen atoms in total. The van der Waals surface area contributed by atoms with Crippen molar-refractivity contribution < 1.29 is 14.3 Å². The van der Waals surface area contributed by atoms with Gasteiger partial charge in [0.05, 0.1) is 24.9 Å². The lowest BCUT2D eigenvalue weighted by Crippen LogP contribution is -2.53. The van der Waals surface area contributed by atoms with Gasteiger partial charge in [0.25, 0.3) is 0 Å². The van der Waals surface area contributed by atoms with Gasteiger partial charge in [-0.25, -0.2) is 0 Å². The summed E-state index contributed by atoms with van der Waals surface area (Å²) in [5.74, 6) is 0.462. The maximum Gasteiger partial charge on any atom is 0.241 e. The van der Waals surface area contributed by atoms with Gasteiger partial charge in [-0.2, -0.15) is 0 Å². The number of para-hydroxylation sites is 2. The fourth-order valence-corrected chi connectivity index (χ4v) is 2.24. The zero-order valence-electron chi connectivity index (χ0n) is 12.4. The number of amides is 2. The summed E-state index contributed by atoms with van der Waals surface area (Å²) in [6.07, 6.45) is 0. The zero-order chi connectivity index (χ0) is 15.2. The Morgan fingerprint density at radius 3 is 2.95 bits per heavy atom. The van der Waals surface area contributed by atoms with Crippen molar-refractivity contribution in [3.8, 4) is 5.75 Å². The van der Waals surface area contributed by atoms with Crippen molar-refractivity contribution in [2.75, 3.05) is 31.6 Å². The molecule has 1 aromatic carbocycles. The van der Waals surface area contributed by atoms with Crippen molar-refractivity contribution in [3.63, 3.8) is 0 Å². The Morgan fingerprint density at radius 2 is 2.24 bits per heavy atom. The topological polar surface area (TPSA) is 70.7 Å². The van der Waals surface area contributed by atoms with Crippen LogP contribution in [0.2, 0.25) is 0 Å². The predicted octanol–water partition coefficient (Wildman–Crippen LogP) is 0.844. The molecule has 114 valence electrons. The number of nitrogens with zero attached hydrogens (tertiary/aromatic N) is 1. The first-order valence-electron chi connectivity index (χ1n) is 7.15. The van der Waals surface area contributed by atoms with Gasteiger partial charge in [0.2, 0.25) is 11.8 Å². The number of nitrogens with one attached hydrogen (secondary N) is 2. The van der Waals surface area contributed by atoms with E-state index in [1.165, 1.54) is 0 Å². The highest BCUT2D eigenvalue weighted by atomic mass is 16.5. The van der Waals surface area contributed by atoms with Crippen molar-refractivity contribution in [2.45, 2.75) is 19.9 Å². The third-order valence-corrected chi connectivity index (χ3v) is 3.44. The average Bonchev–Trinajstić information content (AvgIpc) is 2.48. The third kappa shape index (κ3) is 3.95. The van der Waals surface area contributed by atoms with Crippen LogP contribution in [0.5, 0.6) is 5.75 Å². The summed E-state index contributed by atoms with van der Waals surface area (Å²) in [6.45, 7) is 5.74. The molecule has 1 aliphatic rings. The Balaban J connectivity index is 2.02. The number of carbonyl (C=O) groups excluding carboxylic acids is 2. The molecule has 0 unspecified atom stereocenters. The van der Waals surface area contributed by atoms with Crippen LogP contribution in [0.15, 0.2) is 24.3 Å². The molecule has 0 bridgehead atoms. The van der Waals surface area contributed by atoms with E-state index < -0.39 is 0 Å². The monoisotopic (exact) mass is 291 g/mol. The molecule has 1 saturated heterocycles. The summed E-state index contributed by atoms with van der Waals surface area (Å²) in [5.41, 5.74) is 0.651. The van der Waals surface area contributed by atoms with Crippen LogP contribution in [0.4, 0.5) is 5.69 Å². The van der Waals surface area contributed by atoms with Crippen LogP contribution in [0.25, 0.3) is 0 Å². The van der Waals surface area contributed by atoms with E-state index in [-0.39, 0.29) is 24.4 Å². The van der Waals surface area contributed by atoms with Gasteiger partial charge in [-0.15, -0.1) is 0 Å². The Bertz CT molecular complexity index is 519. The molecule has 1 fully saturated rings. The van der Waals surface area contributed by atoms with E-state index in [0.29, 0.717) is 31.1 Å². The first-order chi connectivity index (χ1) is 10.1. The maximum atomic E-state index is 12.3. The second kappa shape index (κ2) is 7.08. The molecule has 1 aromatic rings. The highest BCUT2D eigenvalue weighted by Gasteiger charge is 2.26. The molecule has 2 N–H and O–H groups in total. The molecule has 1 atom stereocenters. The second-order valence-electron chi connectivity index (χ2n) is 4.91. The first kappa shape index (κ1) is 15.3. The molecule has 0 aliphatic carbocycles. The smallest absolute Gasteiger partial charge is 0.241 e. The quantitative estimate of drug-likeness (QED) is 0.843. The van der Waals surface area contributed by atoms with Gasteiger partial charge in [-0.3, -0.25) is 14.5 Å². The van der Waals surface area contributed by atoms with Gasteiger partial charge < -0.3 is 15.4 Å². The number of rotatable bonds is 5. The van der Waals surface area contributed by atoms with E-state index >= 15 is 0 Å². The van der Waals surface area contributed by atoms with Gasteiger partial charge in [-0.1, -0.05) is 12.1 Å². The minimum Gasteiger partial charge on any atom is -0.492 e. The standard InChI is InChI=1S/C15H21N3O3/c1-3-21-13-7-5-4-6-12(13)17-15(20)11(2)18-9-8-16-14(19)10-18/h4-7,11H,3,8-10H2,1-2H3,(H,16,19)(H,17,20)/t11-/m1/s1. The summed E-state index contributed by atoms with van der Waals surface area (Å²) >= 11 is 0. The number of anilines is 1. The van der Waals surface area contributed by atoms with Gasteiger partial charge in [0, 0.05) is 13.1 Å². The molecule has 0 saturated carbocycles. The van der Waals surface area contributed by atoms with Crippen LogP contribution in [0, 0.1) is 0 Å². The van der Waals surface area contributed by atoms with E-state index in [0.717, 1.165) is 0 Å². The number of hydrogen-bond donors (Lipinski definition) is 2. The lowest BCUT2D eigenvalue weighted by molar-refractivity contribution is -0.127. The summed E-state index contributed by atoms with van der Waals surface area (Å²) in [5, 5.41) is 5.62. The SMILES string of the molecule is CCOc1ccccc1NC(=O)[C@@H](C)N1CCNC(=O)C1. The van der Waals surface area contributed by atoms with Gasteiger partial charge in [-0.05, 0) is 26.0 Å². The number of ether oxygens (including phenoxy) is 1. The lowest BCUT2D eigenvalue weighted by atomic mass is 10.2. The number of benzene rings is 1. The van der Waals surface area contributed by atoms with E-state index in [9.17, 15) is 9.59 Å². The molecule has 0 radical (unpaired) electrons. The normalized spacial score (nSPS) is 17.0. The van der Waals surface area contributed by atoms with E-state index in [1.807, 2.05) is 30.0 Å². The molecular formula is C15H21N3O3. The highest BCUT2D eigenvalue weighted by molar-refractivity contribution is 5.96. The van der Waals surface area contributed by atoms with E-state index in [2.05, 4.69) is 10.6 Å². The Hall–Kier alpha value is -2.08. The zero-order valence-corrected chi connectivity index (χ0v) is 12.4. The average molecular weight is 291 g/mol. The van der Waals surface area contributed by atoms with E-state index in [4.69, 9.17) is 4.74 Å². The molecule has 6 heteroatoms. The van der Waals surface area contributed by atoms with Gasteiger partial charge >= 0.3 is 0 Å². The lowest BCUT2D eigenvalue weighted by Gasteiger charge is -2.31. The van der Waals surface area contributed by atoms with Crippen LogP contribution < -0.4 is 15.4 Å².